The number of guanidine groups is 1. The van der Waals surface area contributed by atoms with Crippen molar-refractivity contribution in [3.63, 3.8) is 0 Å². The molecule has 1 aliphatic heterocycles. The van der Waals surface area contributed by atoms with Gasteiger partial charge in [0.15, 0.2) is 5.96 Å². The number of nitrogens with one attached hydrogen (secondary N) is 2. The molecule has 1 unspecified atom stereocenters. The zero-order chi connectivity index (χ0) is 21.1. The monoisotopic (exact) mass is 542 g/mol. The van der Waals surface area contributed by atoms with E-state index in [-0.39, 0.29) is 41.8 Å². The van der Waals surface area contributed by atoms with Crippen LogP contribution in [0, 0.1) is 18.7 Å². The van der Waals surface area contributed by atoms with E-state index in [1.807, 2.05) is 18.7 Å². The molecule has 1 aromatic heterocycles. The fraction of sp³-hybridized carbons (Fsp3) is 0.565. The maximum Gasteiger partial charge on any atom is 0.225 e. The van der Waals surface area contributed by atoms with Crippen LogP contribution in [-0.4, -0.2) is 42.4 Å². The number of likely N-dealkylation sites (tertiary alicyclic amines) is 1. The van der Waals surface area contributed by atoms with Gasteiger partial charge in [-0.3, -0.25) is 4.79 Å². The minimum absolute atomic E-state index is 0. The molecule has 0 radical (unpaired) electrons. The zero-order valence-electron chi connectivity index (χ0n) is 18.2. The number of hydrogen-bond acceptors (Lipinski definition) is 3. The van der Waals surface area contributed by atoms with E-state index < -0.39 is 0 Å². The molecule has 1 saturated carbocycles. The van der Waals surface area contributed by atoms with Crippen LogP contribution >= 0.6 is 24.0 Å². The van der Waals surface area contributed by atoms with E-state index in [4.69, 9.17) is 4.42 Å². The predicted molar refractivity (Wildman–Crippen MR) is 131 cm³/mol. The third-order valence-corrected chi connectivity index (χ3v) is 6.27. The normalized spacial score (nSPS) is 19.6. The van der Waals surface area contributed by atoms with Crippen LogP contribution in [0.5, 0.6) is 0 Å². The van der Waals surface area contributed by atoms with Crippen molar-refractivity contribution in [3.05, 3.63) is 35.3 Å². The number of benzene rings is 1. The summed E-state index contributed by atoms with van der Waals surface area (Å²) >= 11 is 0. The van der Waals surface area contributed by atoms with E-state index in [1.165, 1.54) is 25.0 Å². The summed E-state index contributed by atoms with van der Waals surface area (Å²) in [7, 11) is 0. The molecule has 1 aromatic carbocycles. The first kappa shape index (κ1) is 23.8. The number of halogens is 2. The van der Waals surface area contributed by atoms with E-state index in [0.29, 0.717) is 24.0 Å². The number of rotatable bonds is 5. The molecule has 1 saturated heterocycles. The molecule has 0 bridgehead atoms. The number of hydrogen-bond donors (Lipinski definition) is 2. The summed E-state index contributed by atoms with van der Waals surface area (Å²) in [4.78, 5) is 19.4. The van der Waals surface area contributed by atoms with Crippen LogP contribution in [0.15, 0.2) is 27.6 Å². The van der Waals surface area contributed by atoms with Gasteiger partial charge in [0.2, 0.25) is 5.91 Å². The third kappa shape index (κ3) is 5.51. The van der Waals surface area contributed by atoms with Gasteiger partial charge in [-0.05, 0) is 51.3 Å². The van der Waals surface area contributed by atoms with E-state index in [9.17, 15) is 9.18 Å². The summed E-state index contributed by atoms with van der Waals surface area (Å²) in [6.45, 7) is 6.60. The molecule has 4 rings (SSSR count). The number of carbonyl (C=O) groups is 1. The van der Waals surface area contributed by atoms with Gasteiger partial charge in [0.1, 0.15) is 23.7 Å². The maximum atomic E-state index is 13.5. The minimum atomic E-state index is -0.269. The number of amides is 1. The van der Waals surface area contributed by atoms with Crippen LogP contribution in [0.25, 0.3) is 11.0 Å². The molecule has 6 nitrogen and oxygen atoms in total. The van der Waals surface area contributed by atoms with Crippen molar-refractivity contribution in [2.45, 2.75) is 58.5 Å². The molecule has 31 heavy (non-hydrogen) atoms. The summed E-state index contributed by atoms with van der Waals surface area (Å²) in [6.07, 6.45) is 5.36. The Bertz CT molecular complexity index is 939. The van der Waals surface area contributed by atoms with Crippen molar-refractivity contribution in [2.75, 3.05) is 19.6 Å². The Labute approximate surface area is 200 Å². The maximum absolute atomic E-state index is 13.5. The lowest BCUT2D eigenvalue weighted by Crippen LogP contribution is -2.45. The van der Waals surface area contributed by atoms with Gasteiger partial charge in [0, 0.05) is 42.5 Å². The van der Waals surface area contributed by atoms with Gasteiger partial charge in [0.05, 0.1) is 0 Å². The van der Waals surface area contributed by atoms with Crippen LogP contribution in [-0.2, 0) is 11.3 Å². The second kappa shape index (κ2) is 10.7. The molecule has 2 heterocycles. The largest absolute Gasteiger partial charge is 0.459 e. The fourth-order valence-electron chi connectivity index (χ4n) is 4.57. The Morgan fingerprint density at radius 2 is 2.06 bits per heavy atom. The molecule has 1 atom stereocenters. The molecule has 2 fully saturated rings. The lowest BCUT2D eigenvalue weighted by atomic mass is 10.1. The highest BCUT2D eigenvalue weighted by atomic mass is 127. The van der Waals surface area contributed by atoms with Crippen molar-refractivity contribution < 1.29 is 13.6 Å². The first-order valence-electron chi connectivity index (χ1n) is 11.1. The molecule has 8 heteroatoms. The van der Waals surface area contributed by atoms with Gasteiger partial charge in [-0.15, -0.1) is 24.0 Å². The highest BCUT2D eigenvalue weighted by Crippen LogP contribution is 2.28. The number of carbonyl (C=O) groups excluding carboxylic acids is 1. The van der Waals surface area contributed by atoms with Gasteiger partial charge in [-0.2, -0.15) is 0 Å². The van der Waals surface area contributed by atoms with Gasteiger partial charge in [0.25, 0.3) is 0 Å². The Morgan fingerprint density at radius 3 is 2.81 bits per heavy atom. The van der Waals surface area contributed by atoms with Crippen LogP contribution < -0.4 is 10.6 Å². The SMILES string of the molecule is CCNC(=NCc1oc2ccc(F)cc2c1C)NC1CCN(C(=O)C2CCCC2)C1.I. The van der Waals surface area contributed by atoms with Crippen molar-refractivity contribution in [1.82, 2.24) is 15.5 Å². The number of aliphatic imine (C=N–C) groups is 1. The average molecular weight is 542 g/mol. The summed E-state index contributed by atoms with van der Waals surface area (Å²) in [5.41, 5.74) is 1.59. The second-order valence-corrected chi connectivity index (χ2v) is 8.38. The first-order chi connectivity index (χ1) is 14.5. The van der Waals surface area contributed by atoms with E-state index in [0.717, 1.165) is 55.6 Å². The molecule has 170 valence electrons. The van der Waals surface area contributed by atoms with Gasteiger partial charge >= 0.3 is 0 Å². The Morgan fingerprint density at radius 1 is 1.29 bits per heavy atom. The van der Waals surface area contributed by atoms with Crippen molar-refractivity contribution in [3.8, 4) is 0 Å². The Kier molecular flexibility index (Phi) is 8.18. The molecule has 1 amide bonds. The summed E-state index contributed by atoms with van der Waals surface area (Å²) in [6, 6.07) is 4.75. The lowest BCUT2D eigenvalue weighted by molar-refractivity contribution is -0.134. The quantitative estimate of drug-likeness (QED) is 0.335. The van der Waals surface area contributed by atoms with Crippen LogP contribution in [0.4, 0.5) is 4.39 Å². The van der Waals surface area contributed by atoms with Crippen LogP contribution in [0.3, 0.4) is 0 Å². The van der Waals surface area contributed by atoms with Crippen LogP contribution in [0.1, 0.15) is 50.4 Å². The second-order valence-electron chi connectivity index (χ2n) is 8.38. The topological polar surface area (TPSA) is 69.9 Å². The van der Waals surface area contributed by atoms with Crippen molar-refractivity contribution >= 4 is 46.8 Å². The smallest absolute Gasteiger partial charge is 0.225 e. The molecule has 2 aromatic rings. The van der Waals surface area contributed by atoms with Gasteiger partial charge < -0.3 is 20.0 Å². The van der Waals surface area contributed by atoms with Crippen molar-refractivity contribution in [1.29, 1.82) is 0 Å². The standard InChI is InChI=1S/C23H31FN4O2.HI/c1-3-25-23(26-13-21-15(2)19-12-17(24)8-9-20(19)30-21)27-18-10-11-28(14-18)22(29)16-6-4-5-7-16;/h8-9,12,16,18H,3-7,10-11,13-14H2,1-2H3,(H2,25,26,27);1H. The minimum Gasteiger partial charge on any atom is -0.459 e. The highest BCUT2D eigenvalue weighted by molar-refractivity contribution is 14.0. The van der Waals surface area contributed by atoms with E-state index >= 15 is 0 Å². The fourth-order valence-corrected chi connectivity index (χ4v) is 4.57. The molecule has 1 aliphatic carbocycles. The van der Waals surface area contributed by atoms with Crippen LogP contribution in [0.2, 0.25) is 0 Å². The Balaban J connectivity index is 0.00000272. The average Bonchev–Trinajstić information content (AvgIpc) is 3.48. The first-order valence-corrected chi connectivity index (χ1v) is 11.1. The molecule has 0 spiro atoms. The Hall–Kier alpha value is -1.84. The number of aryl methyl sites for hydroxylation is 1. The van der Waals surface area contributed by atoms with E-state index in [1.54, 1.807) is 6.07 Å². The number of furan rings is 1. The summed E-state index contributed by atoms with van der Waals surface area (Å²) in [5.74, 6) is 1.73. The summed E-state index contributed by atoms with van der Waals surface area (Å²) in [5, 5.41) is 7.53. The van der Waals surface area contributed by atoms with E-state index in [2.05, 4.69) is 15.6 Å². The molecular weight excluding hydrogens is 510 g/mol. The molecular formula is C23H32FIN4O2. The van der Waals surface area contributed by atoms with Crippen molar-refractivity contribution in [2.24, 2.45) is 10.9 Å². The summed E-state index contributed by atoms with van der Waals surface area (Å²) < 4.78 is 19.4. The molecule has 2 N–H and O–H groups in total. The van der Waals surface area contributed by atoms with Gasteiger partial charge in [-0.1, -0.05) is 12.8 Å². The highest BCUT2D eigenvalue weighted by Gasteiger charge is 2.32. The predicted octanol–water partition coefficient (Wildman–Crippen LogP) is 4.34. The lowest BCUT2D eigenvalue weighted by Gasteiger charge is -2.21. The third-order valence-electron chi connectivity index (χ3n) is 6.27. The number of fused-ring (bicyclic) bond motifs is 1. The number of nitrogens with zero attached hydrogens (tertiary/aromatic N) is 2. The molecule has 2 aliphatic rings. The zero-order valence-corrected chi connectivity index (χ0v) is 20.6. The van der Waals surface area contributed by atoms with Gasteiger partial charge in [-0.25, -0.2) is 9.38 Å².